The molecule has 1 aromatic carbocycles. The van der Waals surface area contributed by atoms with Gasteiger partial charge in [-0.05, 0) is 31.9 Å². The van der Waals surface area contributed by atoms with Crippen molar-refractivity contribution in [3.8, 4) is 17.2 Å². The number of rotatable bonds is 2. The molecule has 0 unspecified atom stereocenters. The van der Waals surface area contributed by atoms with Gasteiger partial charge in [-0.15, -0.1) is 0 Å². The fourth-order valence-corrected chi connectivity index (χ4v) is 2.40. The molecule has 0 bridgehead atoms. The number of hydrogen-bond donors (Lipinski definition) is 0. The molecule has 2 aromatic rings. The van der Waals surface area contributed by atoms with Crippen LogP contribution in [0.5, 0.6) is 0 Å². The highest BCUT2D eigenvalue weighted by Gasteiger charge is 2.20. The molecule has 0 saturated heterocycles. The zero-order valence-electron chi connectivity index (χ0n) is 13.5. The molecule has 114 valence electrons. The van der Waals surface area contributed by atoms with Gasteiger partial charge in [-0.2, -0.15) is 5.26 Å². The Morgan fingerprint density at radius 3 is 2.09 bits per heavy atom. The monoisotopic (exact) mass is 297 g/mol. The van der Waals surface area contributed by atoms with E-state index in [4.69, 9.17) is 0 Å². The zero-order chi connectivity index (χ0) is 16.7. The van der Waals surface area contributed by atoms with Crippen LogP contribution < -0.4 is 11.2 Å². The van der Waals surface area contributed by atoms with Gasteiger partial charge in [0.05, 0.1) is 17.0 Å². The first kappa shape index (κ1) is 15.8. The standard InChI is InChI=1S/C17H19N3O2/c1-11-14(15(21)20(5)16(22)19(11)4)12-6-8-13(9-7-12)17(2,3)10-18/h6-9H,1-5H3. The lowest BCUT2D eigenvalue weighted by Gasteiger charge is -2.17. The van der Waals surface area contributed by atoms with Crippen molar-refractivity contribution in [2.24, 2.45) is 14.1 Å². The Morgan fingerprint density at radius 2 is 1.59 bits per heavy atom. The number of aromatic nitrogens is 2. The molecule has 0 fully saturated rings. The van der Waals surface area contributed by atoms with Crippen molar-refractivity contribution >= 4 is 0 Å². The summed E-state index contributed by atoms with van der Waals surface area (Å²) in [6, 6.07) is 9.60. The van der Waals surface area contributed by atoms with Crippen LogP contribution in [-0.4, -0.2) is 9.13 Å². The van der Waals surface area contributed by atoms with E-state index in [2.05, 4.69) is 6.07 Å². The van der Waals surface area contributed by atoms with Crippen LogP contribution in [0.15, 0.2) is 33.9 Å². The van der Waals surface area contributed by atoms with Crippen molar-refractivity contribution in [1.82, 2.24) is 9.13 Å². The fraction of sp³-hybridized carbons (Fsp3) is 0.353. The van der Waals surface area contributed by atoms with E-state index in [1.54, 1.807) is 14.0 Å². The highest BCUT2D eigenvalue weighted by Crippen LogP contribution is 2.25. The third-order valence-electron chi connectivity index (χ3n) is 4.13. The van der Waals surface area contributed by atoms with Crippen molar-refractivity contribution in [2.45, 2.75) is 26.2 Å². The normalized spacial score (nSPS) is 11.3. The smallest absolute Gasteiger partial charge is 0.300 e. The average Bonchev–Trinajstić information content (AvgIpc) is 2.52. The summed E-state index contributed by atoms with van der Waals surface area (Å²) in [4.78, 5) is 24.3. The highest BCUT2D eigenvalue weighted by atomic mass is 16.2. The van der Waals surface area contributed by atoms with Gasteiger partial charge in [0.25, 0.3) is 5.56 Å². The topological polar surface area (TPSA) is 67.8 Å². The molecule has 0 N–H and O–H groups in total. The number of hydrogen-bond acceptors (Lipinski definition) is 3. The Labute approximate surface area is 129 Å². The second-order valence-electron chi connectivity index (χ2n) is 5.98. The van der Waals surface area contributed by atoms with Gasteiger partial charge < -0.3 is 4.57 Å². The van der Waals surface area contributed by atoms with Crippen LogP contribution in [0.4, 0.5) is 0 Å². The lowest BCUT2D eigenvalue weighted by Crippen LogP contribution is -2.39. The van der Waals surface area contributed by atoms with Gasteiger partial charge in [0.2, 0.25) is 0 Å². The van der Waals surface area contributed by atoms with E-state index in [0.29, 0.717) is 11.3 Å². The van der Waals surface area contributed by atoms with Crippen molar-refractivity contribution in [1.29, 1.82) is 5.26 Å². The fourth-order valence-electron chi connectivity index (χ4n) is 2.40. The Morgan fingerprint density at radius 1 is 1.05 bits per heavy atom. The molecule has 0 amide bonds. The summed E-state index contributed by atoms with van der Waals surface area (Å²) in [5, 5.41) is 9.18. The van der Waals surface area contributed by atoms with Gasteiger partial charge in [0, 0.05) is 19.8 Å². The quantitative estimate of drug-likeness (QED) is 0.849. The van der Waals surface area contributed by atoms with Crippen molar-refractivity contribution in [3.05, 3.63) is 56.4 Å². The van der Waals surface area contributed by atoms with Crippen LogP contribution in [0.3, 0.4) is 0 Å². The van der Waals surface area contributed by atoms with Gasteiger partial charge in [0.15, 0.2) is 0 Å². The second kappa shape index (κ2) is 5.30. The summed E-state index contributed by atoms with van der Waals surface area (Å²) in [6.45, 7) is 5.45. The molecule has 0 aliphatic rings. The molecule has 0 spiro atoms. The van der Waals surface area contributed by atoms with E-state index < -0.39 is 5.41 Å². The Bertz CT molecular complexity index is 878. The molecule has 0 radical (unpaired) electrons. The summed E-state index contributed by atoms with van der Waals surface area (Å²) < 4.78 is 2.57. The number of nitriles is 1. The van der Waals surface area contributed by atoms with Gasteiger partial charge in [-0.1, -0.05) is 24.3 Å². The number of benzene rings is 1. The molecule has 0 aliphatic carbocycles. The lowest BCUT2D eigenvalue weighted by molar-refractivity contribution is 0.670. The molecule has 1 heterocycles. The summed E-state index contributed by atoms with van der Waals surface area (Å²) >= 11 is 0. The third-order valence-corrected chi connectivity index (χ3v) is 4.13. The summed E-state index contributed by atoms with van der Waals surface area (Å²) in [7, 11) is 3.12. The van der Waals surface area contributed by atoms with E-state index in [0.717, 1.165) is 15.7 Å². The minimum Gasteiger partial charge on any atom is -0.300 e. The molecule has 2 rings (SSSR count). The largest absolute Gasteiger partial charge is 0.330 e. The van der Waals surface area contributed by atoms with E-state index in [1.807, 2.05) is 38.1 Å². The summed E-state index contributed by atoms with van der Waals surface area (Å²) in [6.07, 6.45) is 0. The first-order chi connectivity index (χ1) is 10.2. The number of nitrogens with zero attached hydrogens (tertiary/aromatic N) is 3. The van der Waals surface area contributed by atoms with Crippen LogP contribution in [0.2, 0.25) is 0 Å². The molecular formula is C17H19N3O2. The van der Waals surface area contributed by atoms with Gasteiger partial charge >= 0.3 is 5.69 Å². The Kier molecular flexibility index (Phi) is 3.80. The average molecular weight is 297 g/mol. The van der Waals surface area contributed by atoms with Gasteiger partial charge in [-0.25, -0.2) is 4.79 Å². The minimum atomic E-state index is -0.581. The van der Waals surface area contributed by atoms with Gasteiger partial charge in [-0.3, -0.25) is 9.36 Å². The molecule has 5 nitrogen and oxygen atoms in total. The van der Waals surface area contributed by atoms with Crippen LogP contribution in [0.1, 0.15) is 25.1 Å². The van der Waals surface area contributed by atoms with E-state index in [-0.39, 0.29) is 11.2 Å². The molecule has 0 aliphatic heterocycles. The van der Waals surface area contributed by atoms with Crippen LogP contribution >= 0.6 is 0 Å². The molecule has 22 heavy (non-hydrogen) atoms. The maximum absolute atomic E-state index is 12.4. The molecule has 0 saturated carbocycles. The lowest BCUT2D eigenvalue weighted by atomic mass is 9.85. The molecule has 0 atom stereocenters. The van der Waals surface area contributed by atoms with Crippen LogP contribution in [-0.2, 0) is 19.5 Å². The third kappa shape index (κ3) is 2.37. The minimum absolute atomic E-state index is 0.312. The van der Waals surface area contributed by atoms with E-state index in [9.17, 15) is 14.9 Å². The molecular weight excluding hydrogens is 278 g/mol. The summed E-state index contributed by atoms with van der Waals surface area (Å²) in [5.74, 6) is 0. The first-order valence-electron chi connectivity index (χ1n) is 6.99. The van der Waals surface area contributed by atoms with Crippen molar-refractivity contribution in [2.75, 3.05) is 0 Å². The van der Waals surface area contributed by atoms with Crippen molar-refractivity contribution in [3.63, 3.8) is 0 Å². The van der Waals surface area contributed by atoms with E-state index >= 15 is 0 Å². The molecule has 5 heteroatoms. The van der Waals surface area contributed by atoms with E-state index in [1.165, 1.54) is 11.6 Å². The van der Waals surface area contributed by atoms with Gasteiger partial charge in [0.1, 0.15) is 0 Å². The van der Waals surface area contributed by atoms with Crippen LogP contribution in [0, 0.1) is 18.3 Å². The predicted molar refractivity (Wildman–Crippen MR) is 85.7 cm³/mol. The van der Waals surface area contributed by atoms with Crippen molar-refractivity contribution < 1.29 is 0 Å². The predicted octanol–water partition coefficient (Wildman–Crippen LogP) is 1.86. The SMILES string of the molecule is Cc1c(-c2ccc(C(C)(C)C#N)cc2)c(=O)n(C)c(=O)n1C. The summed E-state index contributed by atoms with van der Waals surface area (Å²) in [5.41, 5.74) is 1.53. The maximum atomic E-state index is 12.4. The molecule has 1 aromatic heterocycles. The second-order valence-corrected chi connectivity index (χ2v) is 5.98. The zero-order valence-corrected chi connectivity index (χ0v) is 13.5. The Balaban J connectivity index is 2.68. The highest BCUT2D eigenvalue weighted by molar-refractivity contribution is 5.65. The Hall–Kier alpha value is -2.61. The van der Waals surface area contributed by atoms with Crippen LogP contribution in [0.25, 0.3) is 11.1 Å². The maximum Gasteiger partial charge on any atom is 0.330 e. The first-order valence-corrected chi connectivity index (χ1v) is 6.99.